The molecule has 0 saturated carbocycles. The fourth-order valence-corrected chi connectivity index (χ4v) is 2.25. The van der Waals surface area contributed by atoms with Gasteiger partial charge in [-0.15, -0.1) is 0 Å². The molecule has 2 N–H and O–H groups in total. The molecule has 0 saturated heterocycles. The molecule has 0 aliphatic heterocycles. The predicted molar refractivity (Wildman–Crippen MR) is 103 cm³/mol. The molecule has 4 nitrogen and oxygen atoms in total. The van der Waals surface area contributed by atoms with Gasteiger partial charge in [-0.2, -0.15) is 0 Å². The number of rotatable bonds is 8. The summed E-state index contributed by atoms with van der Waals surface area (Å²) in [5.74, 6) is 1.66. The Morgan fingerprint density at radius 2 is 1.92 bits per heavy atom. The number of benzene rings is 2. The zero-order valence-corrected chi connectivity index (χ0v) is 14.6. The van der Waals surface area contributed by atoms with Crippen molar-refractivity contribution in [1.82, 2.24) is 5.32 Å². The fourth-order valence-electron chi connectivity index (χ4n) is 2.06. The quantitative estimate of drug-likeness (QED) is 0.557. The summed E-state index contributed by atoms with van der Waals surface area (Å²) in [5.41, 5.74) is 2.01. The molecule has 0 spiro atoms. The zero-order valence-electron chi connectivity index (χ0n) is 13.7. The molecule has 24 heavy (non-hydrogen) atoms. The van der Waals surface area contributed by atoms with Gasteiger partial charge < -0.3 is 20.1 Å². The van der Waals surface area contributed by atoms with E-state index in [1.54, 1.807) is 6.08 Å². The number of ether oxygens (including phenoxy) is 2. The first-order valence-corrected chi connectivity index (χ1v) is 8.22. The Morgan fingerprint density at radius 1 is 1.12 bits per heavy atom. The molecule has 0 amide bonds. The van der Waals surface area contributed by atoms with Crippen molar-refractivity contribution in [3.63, 3.8) is 0 Å². The molecular weight excluding hydrogens is 320 g/mol. The number of anilines is 1. The lowest BCUT2D eigenvalue weighted by atomic mass is 10.2. The Labute approximate surface area is 148 Å². The highest BCUT2D eigenvalue weighted by atomic mass is 32.1. The van der Waals surface area contributed by atoms with Crippen LogP contribution in [0.1, 0.15) is 12.5 Å². The second kappa shape index (κ2) is 9.57. The number of hydrogen-bond donors (Lipinski definition) is 2. The Balaban J connectivity index is 1.82. The molecule has 0 heterocycles. The van der Waals surface area contributed by atoms with Gasteiger partial charge >= 0.3 is 0 Å². The summed E-state index contributed by atoms with van der Waals surface area (Å²) in [5, 5.41) is 6.90. The minimum atomic E-state index is 0.494. The van der Waals surface area contributed by atoms with Crippen LogP contribution in [0, 0.1) is 0 Å². The number of hydrogen-bond acceptors (Lipinski definition) is 3. The molecule has 0 fully saturated rings. The van der Waals surface area contributed by atoms with Crippen molar-refractivity contribution in [3.8, 4) is 11.5 Å². The van der Waals surface area contributed by atoms with Crippen molar-refractivity contribution in [2.75, 3.05) is 18.5 Å². The second-order valence-electron chi connectivity index (χ2n) is 5.01. The number of thiocarbonyl (C=S) groups is 1. The lowest BCUT2D eigenvalue weighted by Crippen LogP contribution is -2.27. The highest BCUT2D eigenvalue weighted by Crippen LogP contribution is 2.16. The monoisotopic (exact) mass is 342 g/mol. The van der Waals surface area contributed by atoms with Gasteiger partial charge in [0.2, 0.25) is 0 Å². The Kier molecular flexibility index (Phi) is 7.11. The predicted octanol–water partition coefficient (Wildman–Crippen LogP) is 4.14. The van der Waals surface area contributed by atoms with Gasteiger partial charge in [-0.05, 0) is 61.1 Å². The van der Waals surface area contributed by atoms with Gasteiger partial charge in [0.15, 0.2) is 5.11 Å². The van der Waals surface area contributed by atoms with Crippen LogP contribution in [0.2, 0.25) is 0 Å². The lowest BCUT2D eigenvalue weighted by molar-refractivity contribution is 0.340. The third kappa shape index (κ3) is 5.93. The highest BCUT2D eigenvalue weighted by Gasteiger charge is 2.01. The van der Waals surface area contributed by atoms with Gasteiger partial charge in [0, 0.05) is 12.2 Å². The molecule has 2 aromatic rings. The first-order chi connectivity index (χ1) is 11.7. The minimum absolute atomic E-state index is 0.494. The molecule has 0 radical (unpaired) electrons. The third-order valence-corrected chi connectivity index (χ3v) is 3.39. The van der Waals surface area contributed by atoms with Gasteiger partial charge in [0.1, 0.15) is 18.1 Å². The van der Waals surface area contributed by atoms with E-state index in [4.69, 9.17) is 21.7 Å². The maximum atomic E-state index is 5.49. The van der Waals surface area contributed by atoms with Crippen LogP contribution in [-0.4, -0.2) is 18.3 Å². The fraction of sp³-hybridized carbons (Fsp3) is 0.211. The average Bonchev–Trinajstić information content (AvgIpc) is 2.60. The van der Waals surface area contributed by atoms with E-state index in [2.05, 4.69) is 17.2 Å². The van der Waals surface area contributed by atoms with Gasteiger partial charge in [-0.3, -0.25) is 0 Å². The van der Waals surface area contributed by atoms with Gasteiger partial charge in [-0.1, -0.05) is 24.8 Å². The number of nitrogens with one attached hydrogen (secondary N) is 2. The smallest absolute Gasteiger partial charge is 0.171 e. The summed E-state index contributed by atoms with van der Waals surface area (Å²) >= 11 is 5.32. The van der Waals surface area contributed by atoms with E-state index in [-0.39, 0.29) is 0 Å². The highest BCUT2D eigenvalue weighted by molar-refractivity contribution is 7.80. The molecule has 0 atom stereocenters. The SMILES string of the molecule is C=CCOc1ccc(NC(=S)NCc2cccc(OCC)c2)cc1. The minimum Gasteiger partial charge on any atom is -0.494 e. The van der Waals surface area contributed by atoms with Gasteiger partial charge in [0.05, 0.1) is 6.61 Å². The summed E-state index contributed by atoms with van der Waals surface area (Å²) in [7, 11) is 0. The summed E-state index contributed by atoms with van der Waals surface area (Å²) in [6, 6.07) is 15.6. The van der Waals surface area contributed by atoms with Crippen LogP contribution in [-0.2, 0) is 6.54 Å². The van der Waals surface area contributed by atoms with Crippen LogP contribution in [0.15, 0.2) is 61.2 Å². The maximum absolute atomic E-state index is 5.49. The Morgan fingerprint density at radius 3 is 2.62 bits per heavy atom. The van der Waals surface area contributed by atoms with Crippen molar-refractivity contribution in [2.24, 2.45) is 0 Å². The summed E-state index contributed by atoms with van der Waals surface area (Å²) in [4.78, 5) is 0. The van der Waals surface area contributed by atoms with Gasteiger partial charge in [0.25, 0.3) is 0 Å². The van der Waals surface area contributed by atoms with E-state index in [0.29, 0.717) is 24.9 Å². The standard InChI is InChI=1S/C19H22N2O2S/c1-3-12-23-17-10-8-16(9-11-17)21-19(24)20-14-15-6-5-7-18(13-15)22-4-2/h3,5-11,13H,1,4,12,14H2,2H3,(H2,20,21,24). The van der Waals surface area contributed by atoms with Crippen LogP contribution >= 0.6 is 12.2 Å². The van der Waals surface area contributed by atoms with E-state index in [1.165, 1.54) is 0 Å². The molecule has 2 aromatic carbocycles. The molecule has 126 valence electrons. The Bertz CT molecular complexity index is 671. The molecule has 0 aliphatic rings. The molecular formula is C19H22N2O2S. The van der Waals surface area contributed by atoms with Gasteiger partial charge in [-0.25, -0.2) is 0 Å². The first kappa shape index (κ1) is 17.8. The van der Waals surface area contributed by atoms with E-state index < -0.39 is 0 Å². The molecule has 0 bridgehead atoms. The maximum Gasteiger partial charge on any atom is 0.171 e. The molecule has 0 aliphatic carbocycles. The van der Waals surface area contributed by atoms with Crippen molar-refractivity contribution in [3.05, 3.63) is 66.7 Å². The second-order valence-corrected chi connectivity index (χ2v) is 5.42. The topological polar surface area (TPSA) is 42.5 Å². The normalized spacial score (nSPS) is 9.88. The van der Waals surface area contributed by atoms with E-state index in [0.717, 1.165) is 22.7 Å². The van der Waals surface area contributed by atoms with Crippen LogP contribution in [0.3, 0.4) is 0 Å². The van der Waals surface area contributed by atoms with Crippen LogP contribution in [0.4, 0.5) is 5.69 Å². The van der Waals surface area contributed by atoms with E-state index in [9.17, 15) is 0 Å². The van der Waals surface area contributed by atoms with E-state index in [1.807, 2.05) is 55.5 Å². The summed E-state index contributed by atoms with van der Waals surface area (Å²) in [6.45, 7) is 7.38. The van der Waals surface area contributed by atoms with Crippen molar-refractivity contribution < 1.29 is 9.47 Å². The summed E-state index contributed by atoms with van der Waals surface area (Å²) in [6.07, 6.45) is 1.71. The average molecular weight is 342 g/mol. The summed E-state index contributed by atoms with van der Waals surface area (Å²) < 4.78 is 10.9. The lowest BCUT2D eigenvalue weighted by Gasteiger charge is -2.12. The molecule has 0 aromatic heterocycles. The third-order valence-electron chi connectivity index (χ3n) is 3.14. The van der Waals surface area contributed by atoms with Crippen molar-refractivity contribution >= 4 is 23.0 Å². The first-order valence-electron chi connectivity index (χ1n) is 7.81. The van der Waals surface area contributed by atoms with Crippen molar-refractivity contribution in [1.29, 1.82) is 0 Å². The van der Waals surface area contributed by atoms with Crippen molar-refractivity contribution in [2.45, 2.75) is 13.5 Å². The van der Waals surface area contributed by atoms with E-state index >= 15 is 0 Å². The Hall–Kier alpha value is -2.53. The molecule has 0 unspecified atom stereocenters. The van der Waals surface area contributed by atoms with Crippen LogP contribution < -0.4 is 20.1 Å². The van der Waals surface area contributed by atoms with Crippen LogP contribution in [0.5, 0.6) is 11.5 Å². The zero-order chi connectivity index (χ0) is 17.2. The largest absolute Gasteiger partial charge is 0.494 e. The molecule has 5 heteroatoms. The molecule has 2 rings (SSSR count). The van der Waals surface area contributed by atoms with Crippen LogP contribution in [0.25, 0.3) is 0 Å².